The number of nitrogens with one attached hydrogen (secondary N) is 1. The first kappa shape index (κ1) is 21.2. The van der Waals surface area contributed by atoms with Crippen LogP contribution in [0.25, 0.3) is 10.9 Å². The number of aliphatic imine (C=N–C) groups is 1. The maximum absolute atomic E-state index is 12.9. The number of carbonyl (C=O) groups excluding carboxylic acids is 2. The zero-order valence-corrected chi connectivity index (χ0v) is 18.6. The van der Waals surface area contributed by atoms with Crippen molar-refractivity contribution in [2.75, 3.05) is 6.54 Å². The van der Waals surface area contributed by atoms with Gasteiger partial charge in [0, 0.05) is 41.7 Å². The van der Waals surface area contributed by atoms with Crippen molar-refractivity contribution in [1.82, 2.24) is 4.98 Å². The summed E-state index contributed by atoms with van der Waals surface area (Å²) in [4.78, 5) is 33.8. The third kappa shape index (κ3) is 4.39. The second-order valence-electron chi connectivity index (χ2n) is 8.64. The molecule has 31 heavy (non-hydrogen) atoms. The van der Waals surface area contributed by atoms with E-state index in [0.717, 1.165) is 28.9 Å². The SMILES string of the molecule is CCC(=O)[C@H]1C(=O)C[C@@H](c2ccccc2)CC1=NCCc1c(C)[nH]c2ccc(C)cc12. The highest BCUT2D eigenvalue weighted by Crippen LogP contribution is 2.33. The number of hydrogen-bond acceptors (Lipinski definition) is 3. The van der Waals surface area contributed by atoms with Crippen LogP contribution in [0, 0.1) is 19.8 Å². The van der Waals surface area contributed by atoms with Gasteiger partial charge in [-0.15, -0.1) is 0 Å². The van der Waals surface area contributed by atoms with Crippen LogP contribution in [0.3, 0.4) is 0 Å². The number of rotatable bonds is 6. The number of aromatic nitrogens is 1. The van der Waals surface area contributed by atoms with E-state index in [0.29, 0.717) is 25.8 Å². The van der Waals surface area contributed by atoms with Crippen LogP contribution >= 0.6 is 0 Å². The van der Waals surface area contributed by atoms with Crippen LogP contribution in [0.15, 0.2) is 53.5 Å². The number of Topliss-reactive ketones (excluding diaryl/α,β-unsaturated/α-hetero) is 2. The molecular weight excluding hydrogens is 384 g/mol. The van der Waals surface area contributed by atoms with Gasteiger partial charge in [-0.1, -0.05) is 48.9 Å². The Labute approximate surface area is 183 Å². The third-order valence-corrected chi connectivity index (χ3v) is 6.45. The lowest BCUT2D eigenvalue weighted by molar-refractivity contribution is -0.130. The van der Waals surface area contributed by atoms with E-state index < -0.39 is 5.92 Å². The summed E-state index contributed by atoms with van der Waals surface area (Å²) >= 11 is 0. The van der Waals surface area contributed by atoms with Crippen LogP contribution in [-0.4, -0.2) is 28.8 Å². The number of benzene rings is 2. The van der Waals surface area contributed by atoms with Gasteiger partial charge in [0.2, 0.25) is 0 Å². The fraction of sp³-hybridized carbons (Fsp3) is 0.370. The van der Waals surface area contributed by atoms with Gasteiger partial charge in [0.1, 0.15) is 17.5 Å². The molecule has 2 aromatic carbocycles. The second kappa shape index (κ2) is 9.01. The fourth-order valence-electron chi connectivity index (χ4n) is 4.80. The number of fused-ring (bicyclic) bond motifs is 1. The molecule has 1 saturated carbocycles. The number of aryl methyl sites for hydroxylation is 2. The molecule has 0 amide bonds. The standard InChI is InChI=1S/C27H30N2O2/c1-4-25(30)27-24(15-20(16-26(27)31)19-8-6-5-7-9-19)28-13-12-21-18(3)29-23-11-10-17(2)14-22(21)23/h5-11,14,20,27,29H,4,12-13,15-16H2,1-3H3/t20-,27-/m0/s1. The lowest BCUT2D eigenvalue weighted by atomic mass is 9.74. The average Bonchev–Trinajstić information content (AvgIpc) is 3.08. The summed E-state index contributed by atoms with van der Waals surface area (Å²) in [6, 6.07) is 16.6. The van der Waals surface area contributed by atoms with Crippen LogP contribution in [0.2, 0.25) is 0 Å². The lowest BCUT2D eigenvalue weighted by Crippen LogP contribution is -2.38. The molecule has 3 aromatic rings. The summed E-state index contributed by atoms with van der Waals surface area (Å²) in [7, 11) is 0. The lowest BCUT2D eigenvalue weighted by Gasteiger charge is -2.28. The highest BCUT2D eigenvalue weighted by atomic mass is 16.2. The Morgan fingerprint density at radius 3 is 2.61 bits per heavy atom. The van der Waals surface area contributed by atoms with Crippen molar-refractivity contribution < 1.29 is 9.59 Å². The van der Waals surface area contributed by atoms with Gasteiger partial charge in [0.25, 0.3) is 0 Å². The number of nitrogens with zero attached hydrogens (tertiary/aromatic N) is 1. The molecule has 1 aliphatic rings. The second-order valence-corrected chi connectivity index (χ2v) is 8.64. The first-order valence-corrected chi connectivity index (χ1v) is 11.2. The molecule has 4 heteroatoms. The Balaban J connectivity index is 1.60. The van der Waals surface area contributed by atoms with Gasteiger partial charge in [-0.3, -0.25) is 14.6 Å². The Hall–Kier alpha value is -3.01. The molecule has 0 unspecified atom stereocenters. The molecule has 0 radical (unpaired) electrons. The van der Waals surface area contributed by atoms with E-state index in [4.69, 9.17) is 4.99 Å². The summed E-state index contributed by atoms with van der Waals surface area (Å²) in [5.74, 6) is -0.541. The fourth-order valence-corrected chi connectivity index (χ4v) is 4.80. The molecule has 160 valence electrons. The Kier molecular flexibility index (Phi) is 6.17. The Bertz CT molecular complexity index is 1140. The van der Waals surface area contributed by atoms with Crippen LogP contribution in [0.1, 0.15) is 54.5 Å². The van der Waals surface area contributed by atoms with Crippen molar-refractivity contribution in [3.63, 3.8) is 0 Å². The number of ketones is 2. The molecule has 0 bridgehead atoms. The van der Waals surface area contributed by atoms with E-state index in [1.165, 1.54) is 16.5 Å². The topological polar surface area (TPSA) is 62.3 Å². The molecule has 1 aromatic heterocycles. The molecular formula is C27H30N2O2. The minimum Gasteiger partial charge on any atom is -0.358 e. The van der Waals surface area contributed by atoms with Gasteiger partial charge >= 0.3 is 0 Å². The summed E-state index contributed by atoms with van der Waals surface area (Å²) in [5, 5.41) is 1.24. The smallest absolute Gasteiger partial charge is 0.149 e. The van der Waals surface area contributed by atoms with Crippen LogP contribution < -0.4 is 0 Å². The molecule has 2 atom stereocenters. The highest BCUT2D eigenvalue weighted by molar-refractivity contribution is 6.22. The van der Waals surface area contributed by atoms with E-state index in [1.54, 1.807) is 0 Å². The van der Waals surface area contributed by atoms with Crippen LogP contribution in [-0.2, 0) is 16.0 Å². The van der Waals surface area contributed by atoms with Crippen molar-refractivity contribution in [3.8, 4) is 0 Å². The predicted octanol–water partition coefficient (Wildman–Crippen LogP) is 5.51. The van der Waals surface area contributed by atoms with Crippen LogP contribution in [0.5, 0.6) is 0 Å². The number of hydrogen-bond donors (Lipinski definition) is 1. The first-order chi connectivity index (χ1) is 15.0. The maximum atomic E-state index is 12.9. The maximum Gasteiger partial charge on any atom is 0.149 e. The van der Waals surface area contributed by atoms with E-state index in [9.17, 15) is 9.59 Å². The molecule has 0 aliphatic heterocycles. The van der Waals surface area contributed by atoms with Gasteiger partial charge in [-0.25, -0.2) is 0 Å². The monoisotopic (exact) mass is 414 g/mol. The number of carbonyl (C=O) groups is 2. The highest BCUT2D eigenvalue weighted by Gasteiger charge is 2.37. The summed E-state index contributed by atoms with van der Waals surface area (Å²) in [5.41, 5.74) is 6.71. The Morgan fingerprint density at radius 1 is 1.10 bits per heavy atom. The van der Waals surface area contributed by atoms with E-state index in [1.807, 2.05) is 25.1 Å². The molecule has 1 heterocycles. The van der Waals surface area contributed by atoms with Crippen LogP contribution in [0.4, 0.5) is 0 Å². The van der Waals surface area contributed by atoms with Gasteiger partial charge in [0.05, 0.1) is 0 Å². The molecule has 0 spiro atoms. The van der Waals surface area contributed by atoms with E-state index >= 15 is 0 Å². The predicted molar refractivity (Wildman–Crippen MR) is 126 cm³/mol. The van der Waals surface area contributed by atoms with Gasteiger partial charge in [-0.2, -0.15) is 0 Å². The summed E-state index contributed by atoms with van der Waals surface area (Å²) < 4.78 is 0. The van der Waals surface area contributed by atoms with Crippen molar-refractivity contribution in [1.29, 1.82) is 0 Å². The van der Waals surface area contributed by atoms with E-state index in [2.05, 4.69) is 49.2 Å². The molecule has 4 nitrogen and oxygen atoms in total. The molecule has 0 saturated heterocycles. The largest absolute Gasteiger partial charge is 0.358 e. The minimum atomic E-state index is -0.656. The minimum absolute atomic E-state index is 0.00541. The molecule has 1 aliphatic carbocycles. The summed E-state index contributed by atoms with van der Waals surface area (Å²) in [6.45, 7) is 6.61. The number of aromatic amines is 1. The molecule has 4 rings (SSSR count). The van der Waals surface area contributed by atoms with Gasteiger partial charge in [-0.05, 0) is 55.9 Å². The quantitative estimate of drug-likeness (QED) is 0.541. The van der Waals surface area contributed by atoms with Crippen molar-refractivity contribution >= 4 is 28.2 Å². The zero-order valence-electron chi connectivity index (χ0n) is 18.6. The van der Waals surface area contributed by atoms with Gasteiger partial charge < -0.3 is 4.98 Å². The van der Waals surface area contributed by atoms with Crippen molar-refractivity contribution in [2.45, 2.75) is 52.4 Å². The molecule has 1 fully saturated rings. The Morgan fingerprint density at radius 2 is 1.87 bits per heavy atom. The van der Waals surface area contributed by atoms with Crippen molar-refractivity contribution in [3.05, 3.63) is 70.9 Å². The first-order valence-electron chi connectivity index (χ1n) is 11.2. The average molecular weight is 415 g/mol. The normalized spacial score (nSPS) is 20.5. The number of H-pyrrole nitrogens is 1. The van der Waals surface area contributed by atoms with E-state index in [-0.39, 0.29) is 17.5 Å². The summed E-state index contributed by atoms with van der Waals surface area (Å²) in [6.07, 6.45) is 2.25. The molecule has 1 N–H and O–H groups in total. The van der Waals surface area contributed by atoms with Gasteiger partial charge in [0.15, 0.2) is 0 Å². The van der Waals surface area contributed by atoms with Crippen molar-refractivity contribution in [2.24, 2.45) is 10.9 Å². The third-order valence-electron chi connectivity index (χ3n) is 6.45. The zero-order chi connectivity index (χ0) is 22.0.